The lowest BCUT2D eigenvalue weighted by Crippen LogP contribution is -2.42. The average molecular weight is 223 g/mol. The van der Waals surface area contributed by atoms with Gasteiger partial charge >= 0.3 is 0 Å². The van der Waals surface area contributed by atoms with Gasteiger partial charge in [0.25, 0.3) is 0 Å². The van der Waals surface area contributed by atoms with E-state index in [4.69, 9.17) is 0 Å². The van der Waals surface area contributed by atoms with Gasteiger partial charge in [-0.3, -0.25) is 4.79 Å². The topological polar surface area (TPSA) is 61.4 Å². The lowest BCUT2D eigenvalue weighted by molar-refractivity contribution is -0.121. The van der Waals surface area contributed by atoms with Crippen molar-refractivity contribution in [2.24, 2.45) is 0 Å². The summed E-state index contributed by atoms with van der Waals surface area (Å²) in [6.45, 7) is 0.374. The van der Waals surface area contributed by atoms with E-state index >= 15 is 0 Å². The highest BCUT2D eigenvalue weighted by molar-refractivity contribution is 5.85. The van der Waals surface area contributed by atoms with Crippen molar-refractivity contribution in [1.82, 2.24) is 10.6 Å². The normalized spacial score (nSPS) is 26.4. The summed E-state index contributed by atoms with van der Waals surface area (Å²) in [5, 5.41) is 15.0. The first-order valence-corrected chi connectivity index (χ1v) is 4.84. The average Bonchev–Trinajstić information content (AvgIpc) is 2.09. The monoisotopic (exact) mass is 222 g/mol. The first-order chi connectivity index (χ1) is 6.22. The molecule has 1 fully saturated rings. The standard InChI is InChI=1S/C9H18N2O2.ClH/c1-10-6-9(13)11-7-2-4-8(12)5-3-7;/h7-8,10,12H,2-6H2,1H3,(H,11,13);1H. The van der Waals surface area contributed by atoms with Crippen LogP contribution in [0.3, 0.4) is 0 Å². The second kappa shape index (κ2) is 7.04. The van der Waals surface area contributed by atoms with Crippen molar-refractivity contribution in [3.05, 3.63) is 0 Å². The van der Waals surface area contributed by atoms with E-state index in [9.17, 15) is 9.90 Å². The molecule has 0 saturated heterocycles. The van der Waals surface area contributed by atoms with Crippen LogP contribution < -0.4 is 10.6 Å². The molecule has 0 aliphatic heterocycles. The Kier molecular flexibility index (Phi) is 6.87. The maximum absolute atomic E-state index is 11.2. The third-order valence-corrected chi connectivity index (χ3v) is 2.40. The van der Waals surface area contributed by atoms with Gasteiger partial charge in [0.2, 0.25) is 5.91 Å². The quantitative estimate of drug-likeness (QED) is 0.632. The van der Waals surface area contributed by atoms with E-state index in [1.54, 1.807) is 7.05 Å². The number of amides is 1. The molecule has 0 aromatic rings. The van der Waals surface area contributed by atoms with Gasteiger partial charge in [0.15, 0.2) is 0 Å². The summed E-state index contributed by atoms with van der Waals surface area (Å²) in [7, 11) is 1.75. The Morgan fingerprint density at radius 1 is 1.36 bits per heavy atom. The van der Waals surface area contributed by atoms with Crippen molar-refractivity contribution in [1.29, 1.82) is 0 Å². The first kappa shape index (κ1) is 13.7. The summed E-state index contributed by atoms with van der Waals surface area (Å²) in [5.41, 5.74) is 0. The van der Waals surface area contributed by atoms with Crippen molar-refractivity contribution in [2.45, 2.75) is 37.8 Å². The van der Waals surface area contributed by atoms with Gasteiger partial charge in [0.1, 0.15) is 0 Å². The van der Waals surface area contributed by atoms with Crippen LogP contribution in [0.5, 0.6) is 0 Å². The van der Waals surface area contributed by atoms with Gasteiger partial charge in [-0.05, 0) is 32.7 Å². The summed E-state index contributed by atoms with van der Waals surface area (Å²) in [5.74, 6) is 0.0453. The molecule has 84 valence electrons. The molecule has 0 spiro atoms. The molecular formula is C9H19ClN2O2. The number of hydrogen-bond donors (Lipinski definition) is 3. The zero-order valence-corrected chi connectivity index (χ0v) is 9.27. The highest BCUT2D eigenvalue weighted by Gasteiger charge is 2.20. The van der Waals surface area contributed by atoms with Gasteiger partial charge in [-0.25, -0.2) is 0 Å². The fourth-order valence-corrected chi connectivity index (χ4v) is 1.66. The van der Waals surface area contributed by atoms with E-state index in [0.717, 1.165) is 25.7 Å². The predicted molar refractivity (Wildman–Crippen MR) is 57.6 cm³/mol. The molecular weight excluding hydrogens is 204 g/mol. The first-order valence-electron chi connectivity index (χ1n) is 4.84. The van der Waals surface area contributed by atoms with E-state index < -0.39 is 0 Å². The lowest BCUT2D eigenvalue weighted by atomic mass is 9.93. The molecule has 0 aromatic carbocycles. The maximum Gasteiger partial charge on any atom is 0.234 e. The highest BCUT2D eigenvalue weighted by atomic mass is 35.5. The molecule has 4 nitrogen and oxygen atoms in total. The molecule has 0 atom stereocenters. The second-order valence-corrected chi connectivity index (χ2v) is 3.60. The highest BCUT2D eigenvalue weighted by Crippen LogP contribution is 2.17. The van der Waals surface area contributed by atoms with Gasteiger partial charge in [-0.2, -0.15) is 0 Å². The summed E-state index contributed by atoms with van der Waals surface area (Å²) < 4.78 is 0. The Bertz CT molecular complexity index is 170. The smallest absolute Gasteiger partial charge is 0.234 e. The van der Waals surface area contributed by atoms with Crippen LogP contribution in [0, 0.1) is 0 Å². The van der Waals surface area contributed by atoms with Gasteiger partial charge < -0.3 is 15.7 Å². The fraction of sp³-hybridized carbons (Fsp3) is 0.889. The summed E-state index contributed by atoms with van der Waals surface area (Å²) in [6.07, 6.45) is 3.26. The van der Waals surface area contributed by atoms with Crippen molar-refractivity contribution >= 4 is 18.3 Å². The number of aliphatic hydroxyl groups is 1. The molecule has 0 aromatic heterocycles. The molecule has 3 N–H and O–H groups in total. The van der Waals surface area contributed by atoms with Crippen LogP contribution in [0.1, 0.15) is 25.7 Å². The molecule has 0 radical (unpaired) electrons. The van der Waals surface area contributed by atoms with Crippen LogP contribution in [0.15, 0.2) is 0 Å². The maximum atomic E-state index is 11.2. The van der Waals surface area contributed by atoms with Gasteiger partial charge in [0.05, 0.1) is 12.6 Å². The summed E-state index contributed by atoms with van der Waals surface area (Å²) in [4.78, 5) is 11.2. The van der Waals surface area contributed by atoms with Gasteiger partial charge in [0, 0.05) is 6.04 Å². The zero-order chi connectivity index (χ0) is 9.68. The summed E-state index contributed by atoms with van der Waals surface area (Å²) >= 11 is 0. The SMILES string of the molecule is CNCC(=O)NC1CCC(O)CC1.Cl. The zero-order valence-electron chi connectivity index (χ0n) is 8.45. The minimum atomic E-state index is -0.155. The Morgan fingerprint density at radius 2 is 1.93 bits per heavy atom. The number of hydrogen-bond acceptors (Lipinski definition) is 3. The van der Waals surface area contributed by atoms with Crippen LogP contribution in [0.2, 0.25) is 0 Å². The molecule has 0 bridgehead atoms. The number of likely N-dealkylation sites (N-methyl/N-ethyl adjacent to an activating group) is 1. The van der Waals surface area contributed by atoms with Gasteiger partial charge in [-0.1, -0.05) is 0 Å². The number of carbonyl (C=O) groups is 1. The fourth-order valence-electron chi connectivity index (χ4n) is 1.66. The van der Waals surface area contributed by atoms with Crippen LogP contribution in [-0.2, 0) is 4.79 Å². The van der Waals surface area contributed by atoms with Gasteiger partial charge in [-0.15, -0.1) is 12.4 Å². The minimum Gasteiger partial charge on any atom is -0.393 e. The summed E-state index contributed by atoms with van der Waals surface area (Å²) in [6, 6.07) is 0.268. The molecule has 5 heteroatoms. The van der Waals surface area contributed by atoms with Crippen molar-refractivity contribution in [2.75, 3.05) is 13.6 Å². The van der Waals surface area contributed by atoms with Crippen LogP contribution in [0.4, 0.5) is 0 Å². The van der Waals surface area contributed by atoms with Crippen molar-refractivity contribution in [3.63, 3.8) is 0 Å². The Morgan fingerprint density at radius 3 is 2.43 bits per heavy atom. The van der Waals surface area contributed by atoms with Crippen LogP contribution in [-0.4, -0.2) is 36.8 Å². The predicted octanol–water partition coefficient (Wildman–Crippen LogP) is 0.0473. The Balaban J connectivity index is 0.00000169. The van der Waals surface area contributed by atoms with Crippen molar-refractivity contribution in [3.8, 4) is 0 Å². The van der Waals surface area contributed by atoms with E-state index in [2.05, 4.69) is 10.6 Å². The molecule has 0 unspecified atom stereocenters. The molecule has 14 heavy (non-hydrogen) atoms. The van der Waals surface area contributed by atoms with E-state index in [-0.39, 0.29) is 30.5 Å². The van der Waals surface area contributed by atoms with E-state index in [1.807, 2.05) is 0 Å². The number of aliphatic hydroxyl groups excluding tert-OH is 1. The number of nitrogens with one attached hydrogen (secondary N) is 2. The number of rotatable bonds is 3. The molecule has 1 aliphatic carbocycles. The Labute approximate surface area is 90.9 Å². The molecule has 1 amide bonds. The van der Waals surface area contributed by atoms with Crippen molar-refractivity contribution < 1.29 is 9.90 Å². The lowest BCUT2D eigenvalue weighted by Gasteiger charge is -2.26. The molecule has 1 saturated carbocycles. The molecule has 1 rings (SSSR count). The van der Waals surface area contributed by atoms with E-state index in [1.165, 1.54) is 0 Å². The number of halogens is 1. The Hall–Kier alpha value is -0.320. The van der Waals surface area contributed by atoms with Crippen LogP contribution >= 0.6 is 12.4 Å². The number of carbonyl (C=O) groups excluding carboxylic acids is 1. The second-order valence-electron chi connectivity index (χ2n) is 3.60. The van der Waals surface area contributed by atoms with E-state index in [0.29, 0.717) is 6.54 Å². The van der Waals surface area contributed by atoms with Crippen LogP contribution in [0.25, 0.3) is 0 Å². The largest absolute Gasteiger partial charge is 0.393 e. The third kappa shape index (κ3) is 4.79. The third-order valence-electron chi connectivity index (χ3n) is 2.40. The molecule has 0 heterocycles. The minimum absolute atomic E-state index is 0. The molecule has 1 aliphatic rings.